The first-order chi connectivity index (χ1) is 8.95. The van der Waals surface area contributed by atoms with Gasteiger partial charge in [0.2, 0.25) is 10.0 Å². The van der Waals surface area contributed by atoms with E-state index in [1.165, 1.54) is 16.4 Å². The Morgan fingerprint density at radius 1 is 1.42 bits per heavy atom. The topological polar surface area (TPSA) is 66.8 Å². The van der Waals surface area contributed by atoms with Gasteiger partial charge in [-0.25, -0.2) is 8.42 Å². The average molecular weight is 306 g/mol. The van der Waals surface area contributed by atoms with Crippen molar-refractivity contribution >= 4 is 21.6 Å². The molecule has 7 heteroatoms. The molecule has 106 valence electrons. The predicted molar refractivity (Wildman–Crippen MR) is 71.6 cm³/mol. The van der Waals surface area contributed by atoms with Gasteiger partial charge in [0.15, 0.2) is 0 Å². The fourth-order valence-electron chi connectivity index (χ4n) is 1.98. The summed E-state index contributed by atoms with van der Waals surface area (Å²) in [6, 6.07) is 5.79. The van der Waals surface area contributed by atoms with Gasteiger partial charge in [0.1, 0.15) is 0 Å². The SMILES string of the molecule is CC1COC(CO)CN1S(=O)(=O)c1ccc(Cl)cc1. The summed E-state index contributed by atoms with van der Waals surface area (Å²) in [6.07, 6.45) is -0.474. The lowest BCUT2D eigenvalue weighted by molar-refractivity contribution is -0.0516. The Bertz CT molecular complexity index is 531. The van der Waals surface area contributed by atoms with E-state index in [-0.39, 0.29) is 30.7 Å². The van der Waals surface area contributed by atoms with Crippen molar-refractivity contribution in [3.63, 3.8) is 0 Å². The molecule has 0 amide bonds. The molecule has 1 N–H and O–H groups in total. The van der Waals surface area contributed by atoms with Gasteiger partial charge < -0.3 is 9.84 Å². The van der Waals surface area contributed by atoms with E-state index in [0.29, 0.717) is 5.02 Å². The molecule has 0 bridgehead atoms. The number of aliphatic hydroxyl groups is 1. The highest BCUT2D eigenvalue weighted by Crippen LogP contribution is 2.23. The van der Waals surface area contributed by atoms with Crippen LogP contribution in [0.15, 0.2) is 29.2 Å². The van der Waals surface area contributed by atoms with Crippen LogP contribution in [-0.4, -0.2) is 49.7 Å². The number of nitrogens with zero attached hydrogens (tertiary/aromatic N) is 1. The molecule has 1 aliphatic rings. The van der Waals surface area contributed by atoms with Crippen molar-refractivity contribution in [1.29, 1.82) is 0 Å². The molecule has 0 radical (unpaired) electrons. The van der Waals surface area contributed by atoms with Gasteiger partial charge in [0.05, 0.1) is 24.2 Å². The summed E-state index contributed by atoms with van der Waals surface area (Å²) in [7, 11) is -3.59. The van der Waals surface area contributed by atoms with E-state index in [9.17, 15) is 8.42 Å². The van der Waals surface area contributed by atoms with Gasteiger partial charge in [-0.05, 0) is 31.2 Å². The third kappa shape index (κ3) is 3.09. The zero-order valence-corrected chi connectivity index (χ0v) is 12.1. The predicted octanol–water partition coefficient (Wildman–Crippen LogP) is 1.11. The maximum absolute atomic E-state index is 12.5. The van der Waals surface area contributed by atoms with E-state index in [2.05, 4.69) is 0 Å². The molecule has 2 rings (SSSR count). The molecule has 1 aromatic rings. The number of halogens is 1. The molecule has 19 heavy (non-hydrogen) atoms. The van der Waals surface area contributed by atoms with E-state index in [4.69, 9.17) is 21.4 Å². The van der Waals surface area contributed by atoms with Gasteiger partial charge in [0, 0.05) is 17.6 Å². The van der Waals surface area contributed by atoms with Crippen LogP contribution in [-0.2, 0) is 14.8 Å². The van der Waals surface area contributed by atoms with E-state index in [1.54, 1.807) is 19.1 Å². The molecule has 1 aromatic carbocycles. The first-order valence-corrected chi connectivity index (χ1v) is 7.77. The van der Waals surface area contributed by atoms with Crippen LogP contribution in [0.1, 0.15) is 6.92 Å². The molecule has 1 aliphatic heterocycles. The first-order valence-electron chi connectivity index (χ1n) is 5.95. The summed E-state index contributed by atoms with van der Waals surface area (Å²) >= 11 is 5.76. The van der Waals surface area contributed by atoms with Crippen molar-refractivity contribution in [2.45, 2.75) is 24.0 Å². The van der Waals surface area contributed by atoms with E-state index < -0.39 is 16.1 Å². The molecule has 0 aromatic heterocycles. The van der Waals surface area contributed by atoms with Gasteiger partial charge >= 0.3 is 0 Å². The Morgan fingerprint density at radius 3 is 2.63 bits per heavy atom. The maximum atomic E-state index is 12.5. The van der Waals surface area contributed by atoms with Gasteiger partial charge in [0.25, 0.3) is 0 Å². The molecule has 1 heterocycles. The number of hydrogen-bond donors (Lipinski definition) is 1. The summed E-state index contributed by atoms with van der Waals surface area (Å²) in [5.74, 6) is 0. The molecule has 0 aliphatic carbocycles. The number of rotatable bonds is 3. The lowest BCUT2D eigenvalue weighted by Gasteiger charge is -2.36. The van der Waals surface area contributed by atoms with Crippen LogP contribution in [0.2, 0.25) is 5.02 Å². The molecule has 5 nitrogen and oxygen atoms in total. The van der Waals surface area contributed by atoms with Crippen LogP contribution in [0.4, 0.5) is 0 Å². The molecular formula is C12H16ClNO4S. The number of ether oxygens (including phenoxy) is 1. The first kappa shape index (κ1) is 14.7. The van der Waals surface area contributed by atoms with Crippen LogP contribution >= 0.6 is 11.6 Å². The number of aliphatic hydroxyl groups excluding tert-OH is 1. The van der Waals surface area contributed by atoms with Crippen molar-refractivity contribution in [2.24, 2.45) is 0 Å². The molecule has 2 atom stereocenters. The lowest BCUT2D eigenvalue weighted by atomic mass is 10.2. The monoisotopic (exact) mass is 305 g/mol. The smallest absolute Gasteiger partial charge is 0.243 e. The Labute approximate surface area is 117 Å². The third-order valence-electron chi connectivity index (χ3n) is 3.07. The Hall–Kier alpha value is -0.660. The molecular weight excluding hydrogens is 290 g/mol. The van der Waals surface area contributed by atoms with Crippen LogP contribution in [0.25, 0.3) is 0 Å². The van der Waals surface area contributed by atoms with Crippen molar-refractivity contribution < 1.29 is 18.3 Å². The normalized spacial score (nSPS) is 25.4. The van der Waals surface area contributed by atoms with Gasteiger partial charge in [-0.3, -0.25) is 0 Å². The fraction of sp³-hybridized carbons (Fsp3) is 0.500. The highest BCUT2D eigenvalue weighted by Gasteiger charge is 2.35. The highest BCUT2D eigenvalue weighted by molar-refractivity contribution is 7.89. The molecule has 2 unspecified atom stereocenters. The van der Waals surface area contributed by atoms with Crippen molar-refractivity contribution in [2.75, 3.05) is 19.8 Å². The van der Waals surface area contributed by atoms with Crippen LogP contribution < -0.4 is 0 Å². The molecule has 0 saturated carbocycles. The van der Waals surface area contributed by atoms with Crippen molar-refractivity contribution in [1.82, 2.24) is 4.31 Å². The average Bonchev–Trinajstić information content (AvgIpc) is 2.39. The second kappa shape index (κ2) is 5.76. The number of morpholine rings is 1. The maximum Gasteiger partial charge on any atom is 0.243 e. The Kier molecular flexibility index (Phi) is 4.47. The van der Waals surface area contributed by atoms with Gasteiger partial charge in [-0.15, -0.1) is 0 Å². The quantitative estimate of drug-likeness (QED) is 0.908. The van der Waals surface area contributed by atoms with Crippen molar-refractivity contribution in [3.05, 3.63) is 29.3 Å². The molecule has 1 fully saturated rings. The second-order valence-corrected chi connectivity index (χ2v) is 6.84. The Balaban J connectivity index is 2.29. The number of sulfonamides is 1. The zero-order valence-electron chi connectivity index (χ0n) is 10.5. The van der Waals surface area contributed by atoms with Crippen LogP contribution in [0.3, 0.4) is 0 Å². The fourth-order valence-corrected chi connectivity index (χ4v) is 3.75. The standard InChI is InChI=1S/C12H16ClNO4S/c1-9-8-18-11(7-15)6-14(9)19(16,17)12-4-2-10(13)3-5-12/h2-5,9,11,15H,6-8H2,1H3. The van der Waals surface area contributed by atoms with E-state index in [0.717, 1.165) is 0 Å². The van der Waals surface area contributed by atoms with E-state index in [1.807, 2.05) is 0 Å². The minimum absolute atomic E-state index is 0.155. The van der Waals surface area contributed by atoms with Crippen molar-refractivity contribution in [3.8, 4) is 0 Å². The summed E-state index contributed by atoms with van der Waals surface area (Å²) in [5, 5.41) is 9.59. The minimum Gasteiger partial charge on any atom is -0.394 e. The highest BCUT2D eigenvalue weighted by atomic mass is 35.5. The number of benzene rings is 1. The van der Waals surface area contributed by atoms with Gasteiger partial charge in [-0.2, -0.15) is 4.31 Å². The number of hydrogen-bond acceptors (Lipinski definition) is 4. The molecule has 1 saturated heterocycles. The summed E-state index contributed by atoms with van der Waals surface area (Å²) in [6.45, 7) is 2.01. The summed E-state index contributed by atoms with van der Waals surface area (Å²) < 4.78 is 31.7. The third-order valence-corrected chi connectivity index (χ3v) is 5.32. The van der Waals surface area contributed by atoms with Crippen LogP contribution in [0.5, 0.6) is 0 Å². The van der Waals surface area contributed by atoms with E-state index >= 15 is 0 Å². The lowest BCUT2D eigenvalue weighted by Crippen LogP contribution is -2.51. The summed E-state index contributed by atoms with van der Waals surface area (Å²) in [4.78, 5) is 0.197. The van der Waals surface area contributed by atoms with Crippen LogP contribution in [0, 0.1) is 0 Å². The second-order valence-electron chi connectivity index (χ2n) is 4.52. The summed E-state index contributed by atoms with van der Waals surface area (Å²) in [5.41, 5.74) is 0. The zero-order chi connectivity index (χ0) is 14.0. The Morgan fingerprint density at radius 2 is 2.05 bits per heavy atom. The van der Waals surface area contributed by atoms with Gasteiger partial charge in [-0.1, -0.05) is 11.6 Å². The molecule has 0 spiro atoms. The largest absolute Gasteiger partial charge is 0.394 e. The minimum atomic E-state index is -3.59.